The van der Waals surface area contributed by atoms with Crippen LogP contribution in [0.2, 0.25) is 0 Å². The smallest absolute Gasteiger partial charge is 0.241 e. The van der Waals surface area contributed by atoms with Crippen molar-refractivity contribution in [1.82, 2.24) is 15.5 Å². The molecule has 6 nitrogen and oxygen atoms in total. The van der Waals surface area contributed by atoms with Crippen molar-refractivity contribution < 1.29 is 9.53 Å². The molecule has 0 aliphatic rings. The van der Waals surface area contributed by atoms with E-state index >= 15 is 0 Å². The first-order chi connectivity index (χ1) is 10.6. The molecule has 22 heavy (non-hydrogen) atoms. The number of likely N-dealkylation sites (N-methyl/N-ethyl adjacent to an activating group) is 1. The molecule has 0 saturated heterocycles. The van der Waals surface area contributed by atoms with Crippen molar-refractivity contribution in [2.24, 2.45) is 4.99 Å². The Bertz CT molecular complexity index is 501. The number of guanidine groups is 1. The lowest BCUT2D eigenvalue weighted by molar-refractivity contribution is -0.127. The first-order valence-electron chi connectivity index (χ1n) is 7.36. The van der Waals surface area contributed by atoms with Crippen molar-refractivity contribution in [3.63, 3.8) is 0 Å². The summed E-state index contributed by atoms with van der Waals surface area (Å²) in [5.41, 5.74) is 2.22. The first kappa shape index (κ1) is 18.0. The van der Waals surface area contributed by atoms with Crippen LogP contribution in [0, 0.1) is 0 Å². The minimum absolute atomic E-state index is 0.00712. The van der Waals surface area contributed by atoms with E-state index in [9.17, 15) is 4.79 Å². The predicted molar refractivity (Wildman–Crippen MR) is 88.7 cm³/mol. The molecule has 0 aliphatic heterocycles. The highest BCUT2D eigenvalue weighted by atomic mass is 16.5. The zero-order valence-electron chi connectivity index (χ0n) is 13.8. The molecule has 2 N–H and O–H groups in total. The standard InChI is InChI=1S/C16H26N4O2/c1-5-17-16(19-11-15(21)20(2)3)18-10-13-7-6-8-14(9-13)12-22-4/h6-9H,5,10-12H2,1-4H3,(H2,17,18,19). The first-order valence-corrected chi connectivity index (χ1v) is 7.36. The molecule has 0 fully saturated rings. The lowest BCUT2D eigenvalue weighted by Crippen LogP contribution is -2.42. The van der Waals surface area contributed by atoms with E-state index in [1.807, 2.05) is 25.1 Å². The van der Waals surface area contributed by atoms with Crippen LogP contribution in [0.25, 0.3) is 0 Å². The molecule has 0 radical (unpaired) electrons. The number of nitrogens with zero attached hydrogens (tertiary/aromatic N) is 2. The van der Waals surface area contributed by atoms with E-state index in [2.05, 4.69) is 21.7 Å². The van der Waals surface area contributed by atoms with Gasteiger partial charge in [-0.2, -0.15) is 0 Å². The predicted octanol–water partition coefficient (Wildman–Crippen LogP) is 0.976. The number of carbonyl (C=O) groups excluding carboxylic acids is 1. The van der Waals surface area contributed by atoms with E-state index in [1.165, 1.54) is 0 Å². The third-order valence-corrected chi connectivity index (χ3v) is 2.97. The van der Waals surface area contributed by atoms with E-state index in [-0.39, 0.29) is 12.5 Å². The Hall–Kier alpha value is -2.08. The summed E-state index contributed by atoms with van der Waals surface area (Å²) in [6.07, 6.45) is 0. The summed E-state index contributed by atoms with van der Waals surface area (Å²) in [6, 6.07) is 8.11. The fraction of sp³-hybridized carbons (Fsp3) is 0.500. The Morgan fingerprint density at radius 2 is 2.00 bits per heavy atom. The van der Waals surface area contributed by atoms with Gasteiger partial charge in [0.05, 0.1) is 19.7 Å². The Kier molecular flexibility index (Phi) is 7.99. The van der Waals surface area contributed by atoms with E-state index in [4.69, 9.17) is 4.74 Å². The molecule has 6 heteroatoms. The van der Waals surface area contributed by atoms with Gasteiger partial charge in [0.2, 0.25) is 5.91 Å². The molecule has 0 heterocycles. The normalized spacial score (nSPS) is 11.2. The molecule has 0 bridgehead atoms. The topological polar surface area (TPSA) is 66.0 Å². The van der Waals surface area contributed by atoms with Crippen molar-refractivity contribution in [1.29, 1.82) is 0 Å². The van der Waals surface area contributed by atoms with Crippen molar-refractivity contribution in [3.05, 3.63) is 35.4 Å². The largest absolute Gasteiger partial charge is 0.380 e. The molecule has 1 aromatic rings. The van der Waals surface area contributed by atoms with Crippen LogP contribution in [0.4, 0.5) is 0 Å². The number of hydrogen-bond donors (Lipinski definition) is 2. The number of methoxy groups -OCH3 is 1. The van der Waals surface area contributed by atoms with Crippen LogP contribution in [-0.4, -0.2) is 51.1 Å². The fourth-order valence-corrected chi connectivity index (χ4v) is 1.81. The number of amides is 1. The second-order valence-corrected chi connectivity index (χ2v) is 5.09. The van der Waals surface area contributed by atoms with Crippen LogP contribution in [0.1, 0.15) is 18.1 Å². The second kappa shape index (κ2) is 9.78. The molecule has 1 aromatic carbocycles. The summed E-state index contributed by atoms with van der Waals surface area (Å²) in [4.78, 5) is 17.7. The quantitative estimate of drug-likeness (QED) is 0.582. The van der Waals surface area contributed by atoms with E-state index < -0.39 is 0 Å². The van der Waals surface area contributed by atoms with Crippen LogP contribution < -0.4 is 10.6 Å². The van der Waals surface area contributed by atoms with Gasteiger partial charge in [-0.3, -0.25) is 4.79 Å². The number of aliphatic imine (C=N–C) groups is 1. The summed E-state index contributed by atoms with van der Waals surface area (Å²) in [7, 11) is 5.14. The van der Waals surface area contributed by atoms with Crippen molar-refractivity contribution >= 4 is 11.9 Å². The van der Waals surface area contributed by atoms with Crippen LogP contribution >= 0.6 is 0 Å². The summed E-state index contributed by atoms with van der Waals surface area (Å²) in [6.45, 7) is 4.09. The maximum absolute atomic E-state index is 11.6. The summed E-state index contributed by atoms with van der Waals surface area (Å²) in [5, 5.41) is 6.17. The summed E-state index contributed by atoms with van der Waals surface area (Å²) >= 11 is 0. The Morgan fingerprint density at radius 3 is 2.64 bits per heavy atom. The number of hydrogen-bond acceptors (Lipinski definition) is 3. The van der Waals surface area contributed by atoms with E-state index in [0.29, 0.717) is 19.1 Å². The van der Waals surface area contributed by atoms with Crippen LogP contribution in [-0.2, 0) is 22.7 Å². The maximum atomic E-state index is 11.6. The van der Waals surface area contributed by atoms with Gasteiger partial charge in [0, 0.05) is 27.7 Å². The van der Waals surface area contributed by atoms with Gasteiger partial charge < -0.3 is 20.3 Å². The van der Waals surface area contributed by atoms with Crippen LogP contribution in [0.5, 0.6) is 0 Å². The van der Waals surface area contributed by atoms with Crippen LogP contribution in [0.3, 0.4) is 0 Å². The molecule has 1 rings (SSSR count). The number of carbonyl (C=O) groups is 1. The highest BCUT2D eigenvalue weighted by molar-refractivity contribution is 5.86. The minimum atomic E-state index is 0.00712. The fourth-order valence-electron chi connectivity index (χ4n) is 1.81. The second-order valence-electron chi connectivity index (χ2n) is 5.09. The summed E-state index contributed by atoms with van der Waals surface area (Å²) in [5.74, 6) is 0.641. The Labute approximate surface area is 132 Å². The highest BCUT2D eigenvalue weighted by Crippen LogP contribution is 2.07. The van der Waals surface area contributed by atoms with Gasteiger partial charge in [-0.25, -0.2) is 4.99 Å². The Balaban J connectivity index is 2.64. The molecule has 0 aliphatic carbocycles. The third-order valence-electron chi connectivity index (χ3n) is 2.97. The number of ether oxygens (including phenoxy) is 1. The van der Waals surface area contributed by atoms with Crippen molar-refractivity contribution in [2.75, 3.05) is 34.3 Å². The third kappa shape index (κ3) is 6.58. The van der Waals surface area contributed by atoms with Gasteiger partial charge in [-0.1, -0.05) is 24.3 Å². The molecule has 0 spiro atoms. The zero-order valence-corrected chi connectivity index (χ0v) is 13.8. The van der Waals surface area contributed by atoms with Gasteiger partial charge in [0.15, 0.2) is 5.96 Å². The van der Waals surface area contributed by atoms with Gasteiger partial charge >= 0.3 is 0 Å². The van der Waals surface area contributed by atoms with Gasteiger partial charge in [-0.05, 0) is 18.1 Å². The molecular formula is C16H26N4O2. The molecule has 0 unspecified atom stereocenters. The number of nitrogens with one attached hydrogen (secondary N) is 2. The SMILES string of the molecule is CCNC(=NCc1cccc(COC)c1)NCC(=O)N(C)C. The Morgan fingerprint density at radius 1 is 1.27 bits per heavy atom. The van der Waals surface area contributed by atoms with E-state index in [0.717, 1.165) is 17.7 Å². The molecule has 0 atom stereocenters. The molecule has 122 valence electrons. The van der Waals surface area contributed by atoms with Crippen molar-refractivity contribution in [2.45, 2.75) is 20.1 Å². The van der Waals surface area contributed by atoms with Crippen molar-refractivity contribution in [3.8, 4) is 0 Å². The lowest BCUT2D eigenvalue weighted by atomic mass is 10.1. The van der Waals surface area contributed by atoms with Gasteiger partial charge in [0.1, 0.15) is 0 Å². The molecule has 1 amide bonds. The highest BCUT2D eigenvalue weighted by Gasteiger charge is 2.05. The number of rotatable bonds is 7. The van der Waals surface area contributed by atoms with Gasteiger partial charge in [-0.15, -0.1) is 0 Å². The lowest BCUT2D eigenvalue weighted by Gasteiger charge is -2.14. The molecular weight excluding hydrogens is 280 g/mol. The summed E-state index contributed by atoms with van der Waals surface area (Å²) < 4.78 is 5.13. The minimum Gasteiger partial charge on any atom is -0.380 e. The molecule has 0 aromatic heterocycles. The molecule has 0 saturated carbocycles. The maximum Gasteiger partial charge on any atom is 0.241 e. The average molecular weight is 306 g/mol. The average Bonchev–Trinajstić information content (AvgIpc) is 2.50. The monoisotopic (exact) mass is 306 g/mol. The zero-order chi connectivity index (χ0) is 16.4. The van der Waals surface area contributed by atoms with Gasteiger partial charge in [0.25, 0.3) is 0 Å². The number of benzene rings is 1. The van der Waals surface area contributed by atoms with E-state index in [1.54, 1.807) is 26.1 Å². The van der Waals surface area contributed by atoms with Crippen LogP contribution in [0.15, 0.2) is 29.3 Å².